The highest BCUT2D eigenvalue weighted by molar-refractivity contribution is 6.05. The van der Waals surface area contributed by atoms with Gasteiger partial charge in [-0.3, -0.25) is 19.7 Å². The van der Waals surface area contributed by atoms with Crippen molar-refractivity contribution in [3.63, 3.8) is 0 Å². The third-order valence-electron chi connectivity index (χ3n) is 5.76. The summed E-state index contributed by atoms with van der Waals surface area (Å²) < 4.78 is 0. The largest absolute Gasteiger partial charge is 0.351 e. The SMILES string of the molecule is NC(=O)N1CCCCC1c1cccc2c1CN(C1CCC(=O)NC1=O)C2=O. The zero-order valence-corrected chi connectivity index (χ0v) is 14.9. The molecule has 2 saturated heterocycles. The molecule has 0 aliphatic carbocycles. The maximum absolute atomic E-state index is 12.9. The number of imide groups is 1. The van der Waals surface area contributed by atoms with Crippen molar-refractivity contribution < 1.29 is 19.2 Å². The number of rotatable bonds is 2. The van der Waals surface area contributed by atoms with E-state index in [0.29, 0.717) is 25.1 Å². The quantitative estimate of drug-likeness (QED) is 0.758. The molecule has 0 radical (unpaired) electrons. The van der Waals surface area contributed by atoms with Gasteiger partial charge in [0.2, 0.25) is 11.8 Å². The minimum atomic E-state index is -0.644. The van der Waals surface area contributed by atoms with Crippen molar-refractivity contribution in [2.24, 2.45) is 5.73 Å². The van der Waals surface area contributed by atoms with Crippen LogP contribution in [0.2, 0.25) is 0 Å². The summed E-state index contributed by atoms with van der Waals surface area (Å²) in [7, 11) is 0. The average molecular weight is 370 g/mol. The van der Waals surface area contributed by atoms with Gasteiger partial charge < -0.3 is 15.5 Å². The van der Waals surface area contributed by atoms with Crippen molar-refractivity contribution in [2.45, 2.75) is 50.7 Å². The fourth-order valence-corrected chi connectivity index (χ4v) is 4.44. The lowest BCUT2D eigenvalue weighted by atomic mass is 9.90. The lowest BCUT2D eigenvalue weighted by molar-refractivity contribution is -0.136. The zero-order valence-electron chi connectivity index (χ0n) is 14.9. The third-order valence-corrected chi connectivity index (χ3v) is 5.76. The number of urea groups is 1. The minimum absolute atomic E-state index is 0.152. The second-order valence-electron chi connectivity index (χ2n) is 7.32. The molecule has 0 saturated carbocycles. The molecule has 0 spiro atoms. The molecule has 142 valence electrons. The molecule has 4 rings (SSSR count). The number of hydrogen-bond acceptors (Lipinski definition) is 4. The molecule has 3 aliphatic heterocycles. The van der Waals surface area contributed by atoms with E-state index >= 15 is 0 Å². The smallest absolute Gasteiger partial charge is 0.315 e. The number of carbonyl (C=O) groups is 4. The molecule has 8 heteroatoms. The Balaban J connectivity index is 1.66. The summed E-state index contributed by atoms with van der Waals surface area (Å²) in [4.78, 5) is 51.6. The van der Waals surface area contributed by atoms with Crippen LogP contribution in [-0.4, -0.2) is 46.1 Å². The van der Waals surface area contributed by atoms with E-state index in [1.807, 2.05) is 12.1 Å². The molecule has 1 aromatic carbocycles. The molecule has 2 unspecified atom stereocenters. The molecule has 5 amide bonds. The number of amides is 5. The van der Waals surface area contributed by atoms with Crippen LogP contribution in [0.25, 0.3) is 0 Å². The number of nitrogens with one attached hydrogen (secondary N) is 1. The van der Waals surface area contributed by atoms with Crippen LogP contribution in [0.4, 0.5) is 4.79 Å². The van der Waals surface area contributed by atoms with Crippen molar-refractivity contribution in [3.05, 3.63) is 34.9 Å². The van der Waals surface area contributed by atoms with Gasteiger partial charge in [0.25, 0.3) is 5.91 Å². The Labute approximate surface area is 156 Å². The van der Waals surface area contributed by atoms with Crippen LogP contribution in [0.15, 0.2) is 18.2 Å². The van der Waals surface area contributed by atoms with Gasteiger partial charge >= 0.3 is 6.03 Å². The molecule has 2 fully saturated rings. The van der Waals surface area contributed by atoms with Crippen molar-refractivity contribution in [1.82, 2.24) is 15.1 Å². The van der Waals surface area contributed by atoms with E-state index in [9.17, 15) is 19.2 Å². The van der Waals surface area contributed by atoms with Gasteiger partial charge in [0.1, 0.15) is 6.04 Å². The van der Waals surface area contributed by atoms with Crippen LogP contribution in [0, 0.1) is 0 Å². The molecular formula is C19H22N4O4. The number of likely N-dealkylation sites (tertiary alicyclic amines) is 1. The molecule has 3 N–H and O–H groups in total. The van der Waals surface area contributed by atoms with Crippen LogP contribution in [0.5, 0.6) is 0 Å². The second-order valence-corrected chi connectivity index (χ2v) is 7.32. The second kappa shape index (κ2) is 6.68. The molecule has 27 heavy (non-hydrogen) atoms. The van der Waals surface area contributed by atoms with Crippen molar-refractivity contribution in [1.29, 1.82) is 0 Å². The van der Waals surface area contributed by atoms with Gasteiger partial charge in [-0.25, -0.2) is 4.79 Å². The van der Waals surface area contributed by atoms with Gasteiger partial charge in [0.15, 0.2) is 0 Å². The molecule has 2 atom stereocenters. The van der Waals surface area contributed by atoms with Gasteiger partial charge in [-0.15, -0.1) is 0 Å². The Hall–Kier alpha value is -2.90. The molecule has 0 aromatic heterocycles. The fraction of sp³-hybridized carbons (Fsp3) is 0.474. The Bertz CT molecular complexity index is 837. The maximum atomic E-state index is 12.9. The van der Waals surface area contributed by atoms with E-state index < -0.39 is 18.0 Å². The molecule has 8 nitrogen and oxygen atoms in total. The summed E-state index contributed by atoms with van der Waals surface area (Å²) in [6.07, 6.45) is 3.25. The minimum Gasteiger partial charge on any atom is -0.351 e. The molecule has 3 aliphatic rings. The normalized spacial score (nSPS) is 25.4. The predicted octanol–water partition coefficient (Wildman–Crippen LogP) is 1.05. The highest BCUT2D eigenvalue weighted by Crippen LogP contribution is 2.38. The lowest BCUT2D eigenvalue weighted by Gasteiger charge is -2.35. The number of piperidine rings is 2. The highest BCUT2D eigenvalue weighted by atomic mass is 16.2. The van der Waals surface area contributed by atoms with Crippen LogP contribution < -0.4 is 11.1 Å². The standard InChI is InChI=1S/C19H22N4O4/c20-19(27)22-9-2-1-6-14(22)11-4-3-5-12-13(11)10-23(18(12)26)15-7-8-16(24)21-17(15)25/h3-5,14-15H,1-2,6-10H2,(H2,20,27)(H,21,24,25). The maximum Gasteiger partial charge on any atom is 0.315 e. The van der Waals surface area contributed by atoms with Crippen LogP contribution in [0.3, 0.4) is 0 Å². The average Bonchev–Trinajstić information content (AvgIpc) is 2.98. The van der Waals surface area contributed by atoms with Crippen molar-refractivity contribution in [2.75, 3.05) is 6.54 Å². The van der Waals surface area contributed by atoms with Crippen molar-refractivity contribution >= 4 is 23.8 Å². The molecule has 1 aromatic rings. The van der Waals surface area contributed by atoms with E-state index in [4.69, 9.17) is 5.73 Å². The van der Waals surface area contributed by atoms with Crippen LogP contribution in [0.1, 0.15) is 59.6 Å². The van der Waals surface area contributed by atoms with Gasteiger partial charge in [0, 0.05) is 25.1 Å². The molecular weight excluding hydrogens is 348 g/mol. The topological polar surface area (TPSA) is 113 Å². The first kappa shape index (κ1) is 17.5. The number of hydrogen-bond donors (Lipinski definition) is 2. The number of primary amides is 1. The third kappa shape index (κ3) is 2.94. The summed E-state index contributed by atoms with van der Waals surface area (Å²) >= 11 is 0. The van der Waals surface area contributed by atoms with E-state index in [2.05, 4.69) is 5.32 Å². The number of fused-ring (bicyclic) bond motifs is 1. The molecule has 3 heterocycles. The Kier molecular flexibility index (Phi) is 4.33. The first-order chi connectivity index (χ1) is 13.0. The van der Waals surface area contributed by atoms with E-state index in [1.54, 1.807) is 11.0 Å². The highest BCUT2D eigenvalue weighted by Gasteiger charge is 2.41. The van der Waals surface area contributed by atoms with Gasteiger partial charge in [-0.05, 0) is 42.9 Å². The van der Waals surface area contributed by atoms with Crippen LogP contribution in [-0.2, 0) is 16.1 Å². The van der Waals surface area contributed by atoms with E-state index in [-0.39, 0.29) is 24.3 Å². The first-order valence-electron chi connectivity index (χ1n) is 9.30. The Morgan fingerprint density at radius 2 is 1.93 bits per heavy atom. The number of nitrogens with two attached hydrogens (primary N) is 1. The van der Waals surface area contributed by atoms with E-state index in [1.165, 1.54) is 4.90 Å². The number of benzene rings is 1. The lowest BCUT2D eigenvalue weighted by Crippen LogP contribution is -2.52. The first-order valence-corrected chi connectivity index (χ1v) is 9.30. The van der Waals surface area contributed by atoms with Gasteiger partial charge in [0.05, 0.1) is 6.04 Å². The zero-order chi connectivity index (χ0) is 19.1. The summed E-state index contributed by atoms with van der Waals surface area (Å²) in [6.45, 7) is 0.911. The Morgan fingerprint density at radius 1 is 1.11 bits per heavy atom. The Morgan fingerprint density at radius 3 is 2.67 bits per heavy atom. The summed E-state index contributed by atoms with van der Waals surface area (Å²) in [5.74, 6) is -0.937. The van der Waals surface area contributed by atoms with Crippen LogP contribution >= 0.6 is 0 Å². The predicted molar refractivity (Wildman–Crippen MR) is 95.4 cm³/mol. The summed E-state index contributed by atoms with van der Waals surface area (Å²) in [5.41, 5.74) is 7.91. The van der Waals surface area contributed by atoms with Crippen molar-refractivity contribution in [3.8, 4) is 0 Å². The summed E-state index contributed by atoms with van der Waals surface area (Å²) in [6, 6.07) is 4.25. The number of nitrogens with zero attached hydrogens (tertiary/aromatic N) is 2. The number of carbonyl (C=O) groups excluding carboxylic acids is 4. The van der Waals surface area contributed by atoms with Gasteiger partial charge in [-0.2, -0.15) is 0 Å². The molecule has 0 bridgehead atoms. The van der Waals surface area contributed by atoms with Gasteiger partial charge in [-0.1, -0.05) is 12.1 Å². The fourth-order valence-electron chi connectivity index (χ4n) is 4.44. The monoisotopic (exact) mass is 370 g/mol. The summed E-state index contributed by atoms with van der Waals surface area (Å²) in [5, 5.41) is 2.31. The van der Waals surface area contributed by atoms with E-state index in [0.717, 1.165) is 30.4 Å².